The number of nitrogens with zero attached hydrogens (tertiary/aromatic N) is 2. The molecule has 3 rings (SSSR count). The van der Waals surface area contributed by atoms with Crippen molar-refractivity contribution in [3.05, 3.63) is 84.4 Å². The first-order valence-corrected chi connectivity index (χ1v) is 11.7. The number of sulfonamides is 1. The predicted octanol–water partition coefficient (Wildman–Crippen LogP) is 3.19. The smallest absolute Gasteiger partial charge is 0.493 e. The molecule has 0 aliphatic rings. The number of carbonyl (C=O) groups is 2. The lowest BCUT2D eigenvalue weighted by molar-refractivity contribution is -0.119. The molecule has 0 aromatic heterocycles. The first kappa shape index (κ1) is 25.2. The molecule has 1 amide bonds. The van der Waals surface area contributed by atoms with Crippen LogP contribution in [-0.2, 0) is 19.6 Å². The van der Waals surface area contributed by atoms with E-state index in [1.54, 1.807) is 54.6 Å². The van der Waals surface area contributed by atoms with Gasteiger partial charge in [0.1, 0.15) is 6.54 Å². The van der Waals surface area contributed by atoms with Crippen molar-refractivity contribution in [1.82, 2.24) is 5.43 Å². The molecule has 10 nitrogen and oxygen atoms in total. The van der Waals surface area contributed by atoms with Crippen molar-refractivity contribution in [2.75, 3.05) is 25.1 Å². The van der Waals surface area contributed by atoms with Gasteiger partial charge in [0.15, 0.2) is 11.5 Å². The summed E-state index contributed by atoms with van der Waals surface area (Å²) < 4.78 is 42.0. The van der Waals surface area contributed by atoms with Crippen LogP contribution in [0.3, 0.4) is 0 Å². The number of nitrogens with one attached hydrogen (secondary N) is 1. The highest BCUT2D eigenvalue weighted by Crippen LogP contribution is 2.28. The van der Waals surface area contributed by atoms with Crippen LogP contribution in [0.5, 0.6) is 11.5 Å². The molecule has 0 fully saturated rings. The number of carbonyl (C=O) groups excluding carboxylic acids is 2. The highest BCUT2D eigenvalue weighted by molar-refractivity contribution is 7.92. The van der Waals surface area contributed by atoms with Crippen LogP contribution in [0.4, 0.5) is 10.5 Å². The Morgan fingerprint density at radius 3 is 2.23 bits per heavy atom. The second-order valence-corrected chi connectivity index (χ2v) is 8.78. The lowest BCUT2D eigenvalue weighted by Crippen LogP contribution is -2.39. The van der Waals surface area contributed by atoms with Gasteiger partial charge < -0.3 is 14.2 Å². The number of hydrazone groups is 1. The van der Waals surface area contributed by atoms with E-state index in [0.717, 1.165) is 4.31 Å². The fourth-order valence-corrected chi connectivity index (χ4v) is 4.40. The highest BCUT2D eigenvalue weighted by Gasteiger charge is 2.26. The van der Waals surface area contributed by atoms with E-state index in [1.807, 2.05) is 0 Å². The third kappa shape index (κ3) is 6.58. The number of methoxy groups -OCH3 is 2. The van der Waals surface area contributed by atoms with Gasteiger partial charge in [-0.2, -0.15) is 5.10 Å². The minimum atomic E-state index is -4.00. The summed E-state index contributed by atoms with van der Waals surface area (Å²) in [5.74, 6) is -0.262. The van der Waals surface area contributed by atoms with Gasteiger partial charge in [-0.05, 0) is 48.0 Å². The molecule has 3 aromatic carbocycles. The predicted molar refractivity (Wildman–Crippen MR) is 129 cm³/mol. The molecule has 0 aliphatic heterocycles. The molecule has 3 aromatic rings. The van der Waals surface area contributed by atoms with Gasteiger partial charge in [0.25, 0.3) is 15.9 Å². The Kier molecular flexibility index (Phi) is 8.41. The molecule has 35 heavy (non-hydrogen) atoms. The first-order chi connectivity index (χ1) is 16.8. The zero-order valence-corrected chi connectivity index (χ0v) is 19.8. The van der Waals surface area contributed by atoms with Crippen LogP contribution in [0, 0.1) is 0 Å². The van der Waals surface area contributed by atoms with Gasteiger partial charge in [0, 0.05) is 0 Å². The second-order valence-electron chi connectivity index (χ2n) is 6.92. The number of ether oxygens (including phenoxy) is 3. The number of rotatable bonds is 9. The summed E-state index contributed by atoms with van der Waals surface area (Å²) >= 11 is 0. The van der Waals surface area contributed by atoms with E-state index in [9.17, 15) is 18.0 Å². The number of benzene rings is 3. The Labute approximate surface area is 202 Å². The Morgan fingerprint density at radius 1 is 0.943 bits per heavy atom. The number of amides is 1. The number of anilines is 1. The molecule has 0 saturated heterocycles. The quantitative estimate of drug-likeness (QED) is 0.208. The van der Waals surface area contributed by atoms with E-state index < -0.39 is 28.6 Å². The lowest BCUT2D eigenvalue weighted by Gasteiger charge is -2.23. The SMILES string of the molecule is COC(=O)Oc1ccc(/C=N\NC(=O)CN(c2ccccc2)S(=O)(=O)c2ccccc2)cc1OC. The monoisotopic (exact) mass is 497 g/mol. The Bertz CT molecular complexity index is 1300. The van der Waals surface area contributed by atoms with E-state index in [-0.39, 0.29) is 16.4 Å². The van der Waals surface area contributed by atoms with Gasteiger partial charge in [-0.1, -0.05) is 36.4 Å². The van der Waals surface area contributed by atoms with Crippen LogP contribution in [0.2, 0.25) is 0 Å². The van der Waals surface area contributed by atoms with Crippen molar-refractivity contribution in [1.29, 1.82) is 0 Å². The molecule has 0 heterocycles. The summed E-state index contributed by atoms with van der Waals surface area (Å²) in [6.45, 7) is -0.492. The topological polar surface area (TPSA) is 124 Å². The second kappa shape index (κ2) is 11.7. The average molecular weight is 498 g/mol. The van der Waals surface area contributed by atoms with E-state index in [0.29, 0.717) is 11.3 Å². The molecule has 0 aliphatic carbocycles. The summed E-state index contributed by atoms with van der Waals surface area (Å²) in [6, 6.07) is 20.7. The number of hydrogen-bond acceptors (Lipinski definition) is 8. The van der Waals surface area contributed by atoms with E-state index >= 15 is 0 Å². The van der Waals surface area contributed by atoms with Crippen molar-refractivity contribution >= 4 is 34.0 Å². The highest BCUT2D eigenvalue weighted by atomic mass is 32.2. The summed E-state index contributed by atoms with van der Waals surface area (Å²) in [7, 11) is -1.42. The van der Waals surface area contributed by atoms with Crippen LogP contribution in [-0.4, -0.2) is 47.5 Å². The summed E-state index contributed by atoms with van der Waals surface area (Å²) in [5.41, 5.74) is 3.19. The molecule has 1 N–H and O–H groups in total. The fraction of sp³-hybridized carbons (Fsp3) is 0.125. The molecular weight excluding hydrogens is 474 g/mol. The van der Waals surface area contributed by atoms with Crippen molar-refractivity contribution in [2.45, 2.75) is 4.90 Å². The molecule has 11 heteroatoms. The normalized spacial score (nSPS) is 11.0. The maximum atomic E-state index is 13.2. The maximum Gasteiger partial charge on any atom is 0.513 e. The van der Waals surface area contributed by atoms with E-state index in [4.69, 9.17) is 9.47 Å². The molecular formula is C24H23N3O7S. The Hall–Kier alpha value is -4.38. The van der Waals surface area contributed by atoms with Crippen molar-refractivity contribution in [2.24, 2.45) is 5.10 Å². The Balaban J connectivity index is 1.74. The summed E-state index contributed by atoms with van der Waals surface area (Å²) in [4.78, 5) is 24.0. The van der Waals surface area contributed by atoms with Crippen LogP contribution in [0.15, 0.2) is 88.9 Å². The molecule has 0 radical (unpaired) electrons. The van der Waals surface area contributed by atoms with Gasteiger partial charge in [0.2, 0.25) is 0 Å². The van der Waals surface area contributed by atoms with E-state index in [2.05, 4.69) is 15.3 Å². The largest absolute Gasteiger partial charge is 0.513 e. The molecule has 182 valence electrons. The zero-order chi connectivity index (χ0) is 25.3. The molecule has 0 spiro atoms. The maximum absolute atomic E-state index is 13.2. The Morgan fingerprint density at radius 2 is 1.60 bits per heavy atom. The van der Waals surface area contributed by atoms with E-state index in [1.165, 1.54) is 44.7 Å². The fourth-order valence-electron chi connectivity index (χ4n) is 2.95. The average Bonchev–Trinajstić information content (AvgIpc) is 2.88. The van der Waals surface area contributed by atoms with Crippen LogP contribution >= 0.6 is 0 Å². The van der Waals surface area contributed by atoms with Crippen LogP contribution in [0.1, 0.15) is 5.56 Å². The van der Waals surface area contributed by atoms with Gasteiger partial charge >= 0.3 is 6.16 Å². The standard InChI is InChI=1S/C24H23N3O7S/c1-32-22-15-18(13-14-21(22)34-24(29)33-2)16-25-26-23(28)17-27(19-9-5-3-6-10-19)35(30,31)20-11-7-4-8-12-20/h3-16H,17H2,1-2H3,(H,26,28)/b25-16-. The third-order valence-corrected chi connectivity index (χ3v) is 6.40. The minimum absolute atomic E-state index is 0.0570. The molecule has 0 saturated carbocycles. The molecule has 0 bridgehead atoms. The summed E-state index contributed by atoms with van der Waals surface area (Å²) in [6.07, 6.45) is 0.436. The van der Waals surface area contributed by atoms with Gasteiger partial charge in [-0.3, -0.25) is 9.10 Å². The third-order valence-electron chi connectivity index (χ3n) is 4.61. The van der Waals surface area contributed by atoms with Crippen molar-refractivity contribution < 1.29 is 32.2 Å². The van der Waals surface area contributed by atoms with Gasteiger partial charge in [0.05, 0.1) is 31.0 Å². The zero-order valence-electron chi connectivity index (χ0n) is 19.0. The molecule has 0 unspecified atom stereocenters. The van der Waals surface area contributed by atoms with Crippen molar-refractivity contribution in [3.8, 4) is 11.5 Å². The van der Waals surface area contributed by atoms with Crippen molar-refractivity contribution in [3.63, 3.8) is 0 Å². The van der Waals surface area contributed by atoms with Crippen LogP contribution < -0.4 is 19.2 Å². The van der Waals surface area contributed by atoms with Crippen LogP contribution in [0.25, 0.3) is 0 Å². The minimum Gasteiger partial charge on any atom is -0.493 e. The lowest BCUT2D eigenvalue weighted by atomic mass is 10.2. The number of hydrogen-bond donors (Lipinski definition) is 1. The summed E-state index contributed by atoms with van der Waals surface area (Å²) in [5, 5.41) is 3.89. The van der Waals surface area contributed by atoms with Gasteiger partial charge in [-0.15, -0.1) is 0 Å². The first-order valence-electron chi connectivity index (χ1n) is 10.2. The number of para-hydroxylation sites is 1. The molecule has 0 atom stereocenters. The van der Waals surface area contributed by atoms with Gasteiger partial charge in [-0.25, -0.2) is 18.6 Å².